The van der Waals surface area contributed by atoms with Crippen molar-refractivity contribution in [3.63, 3.8) is 0 Å². The second-order valence-corrected chi connectivity index (χ2v) is 8.98. The van der Waals surface area contributed by atoms with E-state index < -0.39 is 22.0 Å². The zero-order chi connectivity index (χ0) is 22.5. The molecule has 0 aromatic heterocycles. The van der Waals surface area contributed by atoms with E-state index in [4.69, 9.17) is 32.7 Å². The molecule has 0 aliphatic heterocycles. The highest BCUT2D eigenvalue weighted by atomic mass is 35.5. The number of nitrogens with one attached hydrogen (secondary N) is 1. The van der Waals surface area contributed by atoms with E-state index in [1.54, 1.807) is 32.0 Å². The van der Waals surface area contributed by atoms with Crippen LogP contribution in [-0.2, 0) is 14.8 Å². The maximum absolute atomic E-state index is 12.8. The lowest BCUT2D eigenvalue weighted by molar-refractivity contribution is -0.122. The van der Waals surface area contributed by atoms with E-state index in [1.807, 2.05) is 0 Å². The molecule has 0 saturated carbocycles. The third-order valence-electron chi connectivity index (χ3n) is 4.36. The molecule has 1 unspecified atom stereocenters. The van der Waals surface area contributed by atoms with E-state index in [2.05, 4.69) is 5.32 Å². The zero-order valence-corrected chi connectivity index (χ0v) is 19.4. The third-order valence-corrected chi connectivity index (χ3v) is 7.21. The first-order valence-corrected chi connectivity index (χ1v) is 11.4. The standard InChI is InChI=1S/C20H24Cl2N2O5S/c1-5-24(6-2)30(26,27)14-10-11-17(28-4)16(12-14)23-20(25)13(3)29-18-9-7-8-15(21)19(18)22/h7-13H,5-6H2,1-4H3,(H,23,25). The number of sulfonamides is 1. The molecule has 164 valence electrons. The van der Waals surface area contributed by atoms with Gasteiger partial charge >= 0.3 is 0 Å². The molecule has 2 aromatic rings. The van der Waals surface area contributed by atoms with Crippen LogP contribution in [0.25, 0.3) is 0 Å². The quantitative estimate of drug-likeness (QED) is 0.580. The van der Waals surface area contributed by atoms with E-state index in [9.17, 15) is 13.2 Å². The molecule has 10 heteroatoms. The summed E-state index contributed by atoms with van der Waals surface area (Å²) in [6.45, 7) is 5.71. The minimum Gasteiger partial charge on any atom is -0.495 e. The highest BCUT2D eigenvalue weighted by Gasteiger charge is 2.24. The van der Waals surface area contributed by atoms with Gasteiger partial charge in [0.2, 0.25) is 10.0 Å². The van der Waals surface area contributed by atoms with E-state index >= 15 is 0 Å². The lowest BCUT2D eigenvalue weighted by Crippen LogP contribution is -2.31. The van der Waals surface area contributed by atoms with E-state index in [0.717, 1.165) is 0 Å². The van der Waals surface area contributed by atoms with E-state index in [-0.39, 0.29) is 21.4 Å². The van der Waals surface area contributed by atoms with Gasteiger partial charge in [-0.15, -0.1) is 0 Å². The number of methoxy groups -OCH3 is 1. The fraction of sp³-hybridized carbons (Fsp3) is 0.350. The normalized spacial score (nSPS) is 12.5. The molecule has 1 amide bonds. The van der Waals surface area contributed by atoms with Gasteiger partial charge in [0.15, 0.2) is 6.10 Å². The number of nitrogens with zero attached hydrogens (tertiary/aromatic N) is 1. The van der Waals surface area contributed by atoms with Crippen molar-refractivity contribution in [2.24, 2.45) is 0 Å². The van der Waals surface area contributed by atoms with Crippen LogP contribution in [-0.4, -0.2) is 44.9 Å². The molecule has 30 heavy (non-hydrogen) atoms. The maximum Gasteiger partial charge on any atom is 0.265 e. The molecule has 7 nitrogen and oxygen atoms in total. The predicted molar refractivity (Wildman–Crippen MR) is 118 cm³/mol. The number of rotatable bonds is 9. The number of hydrogen-bond donors (Lipinski definition) is 1. The van der Waals surface area contributed by atoms with Crippen LogP contribution in [0.1, 0.15) is 20.8 Å². The Bertz CT molecular complexity index is 1010. The Morgan fingerprint density at radius 3 is 2.40 bits per heavy atom. The van der Waals surface area contributed by atoms with Gasteiger partial charge in [-0.25, -0.2) is 8.42 Å². The Labute approximate surface area is 186 Å². The summed E-state index contributed by atoms with van der Waals surface area (Å²) in [4.78, 5) is 12.7. The van der Waals surface area contributed by atoms with Gasteiger partial charge in [0, 0.05) is 13.1 Å². The number of benzene rings is 2. The Hall–Kier alpha value is -2.00. The summed E-state index contributed by atoms with van der Waals surface area (Å²) >= 11 is 12.1. The van der Waals surface area contributed by atoms with Crippen LogP contribution in [0.3, 0.4) is 0 Å². The highest BCUT2D eigenvalue weighted by molar-refractivity contribution is 7.89. The monoisotopic (exact) mass is 474 g/mol. The summed E-state index contributed by atoms with van der Waals surface area (Å²) < 4.78 is 37.8. The minimum atomic E-state index is -3.70. The summed E-state index contributed by atoms with van der Waals surface area (Å²) in [5.74, 6) is 0.0632. The van der Waals surface area contributed by atoms with Crippen molar-refractivity contribution in [3.8, 4) is 11.5 Å². The number of anilines is 1. The van der Waals surface area contributed by atoms with Crippen LogP contribution in [0.15, 0.2) is 41.3 Å². The first-order valence-electron chi connectivity index (χ1n) is 9.25. The van der Waals surface area contributed by atoms with Crippen molar-refractivity contribution in [1.29, 1.82) is 0 Å². The lowest BCUT2D eigenvalue weighted by Gasteiger charge is -2.20. The van der Waals surface area contributed by atoms with Gasteiger partial charge < -0.3 is 14.8 Å². The van der Waals surface area contributed by atoms with Crippen molar-refractivity contribution in [2.45, 2.75) is 31.8 Å². The van der Waals surface area contributed by atoms with Crippen molar-refractivity contribution < 1.29 is 22.7 Å². The SMILES string of the molecule is CCN(CC)S(=O)(=O)c1ccc(OC)c(NC(=O)C(C)Oc2cccc(Cl)c2Cl)c1. The van der Waals surface area contributed by atoms with Gasteiger partial charge in [0.05, 0.1) is 22.7 Å². The molecule has 0 fully saturated rings. The number of carbonyl (C=O) groups is 1. The number of amides is 1. The fourth-order valence-electron chi connectivity index (χ4n) is 2.71. The average Bonchev–Trinajstić information content (AvgIpc) is 2.71. The van der Waals surface area contributed by atoms with Crippen LogP contribution in [0, 0.1) is 0 Å². The number of carbonyl (C=O) groups excluding carboxylic acids is 1. The summed E-state index contributed by atoms with van der Waals surface area (Å²) in [5, 5.41) is 3.16. The lowest BCUT2D eigenvalue weighted by atomic mass is 10.2. The zero-order valence-electron chi connectivity index (χ0n) is 17.1. The van der Waals surface area contributed by atoms with Crippen molar-refractivity contribution in [2.75, 3.05) is 25.5 Å². The van der Waals surface area contributed by atoms with Gasteiger partial charge in [-0.3, -0.25) is 4.79 Å². The summed E-state index contributed by atoms with van der Waals surface area (Å²) in [6.07, 6.45) is -0.936. The molecule has 0 spiro atoms. The molecule has 0 aliphatic rings. The first kappa shape index (κ1) is 24.3. The molecule has 0 aliphatic carbocycles. The number of hydrogen-bond acceptors (Lipinski definition) is 5. The predicted octanol–water partition coefficient (Wildman–Crippen LogP) is 4.44. The van der Waals surface area contributed by atoms with Crippen LogP contribution in [0.2, 0.25) is 10.0 Å². The van der Waals surface area contributed by atoms with Crippen molar-refractivity contribution >= 4 is 44.8 Å². The molecule has 2 aromatic carbocycles. The van der Waals surface area contributed by atoms with Gasteiger partial charge in [0.1, 0.15) is 16.5 Å². The average molecular weight is 475 g/mol. The van der Waals surface area contributed by atoms with E-state index in [1.165, 1.54) is 36.5 Å². The summed E-state index contributed by atoms with van der Waals surface area (Å²) in [7, 11) is -2.27. The van der Waals surface area contributed by atoms with Crippen LogP contribution in [0.4, 0.5) is 5.69 Å². The third kappa shape index (κ3) is 5.37. The Morgan fingerprint density at radius 1 is 1.13 bits per heavy atom. The second-order valence-electron chi connectivity index (χ2n) is 6.25. The number of ether oxygens (including phenoxy) is 2. The van der Waals surface area contributed by atoms with Crippen molar-refractivity contribution in [3.05, 3.63) is 46.4 Å². The molecule has 1 N–H and O–H groups in total. The van der Waals surface area contributed by atoms with Gasteiger partial charge in [0.25, 0.3) is 5.91 Å². The highest BCUT2D eigenvalue weighted by Crippen LogP contribution is 2.33. The molecule has 0 bridgehead atoms. The largest absolute Gasteiger partial charge is 0.495 e. The molecule has 0 saturated heterocycles. The van der Waals surface area contributed by atoms with Gasteiger partial charge in [-0.2, -0.15) is 4.31 Å². The molecular formula is C20H24Cl2N2O5S. The maximum atomic E-state index is 12.8. The summed E-state index contributed by atoms with van der Waals surface area (Å²) in [5.41, 5.74) is 0.211. The van der Waals surface area contributed by atoms with Crippen LogP contribution >= 0.6 is 23.2 Å². The molecule has 0 heterocycles. The molecular weight excluding hydrogens is 451 g/mol. The Morgan fingerprint density at radius 2 is 1.80 bits per heavy atom. The fourth-order valence-corrected chi connectivity index (χ4v) is 4.53. The second kappa shape index (κ2) is 10.3. The first-order chi connectivity index (χ1) is 14.1. The Balaban J connectivity index is 2.28. The minimum absolute atomic E-state index is 0.0498. The molecule has 1 atom stereocenters. The smallest absolute Gasteiger partial charge is 0.265 e. The topological polar surface area (TPSA) is 84.9 Å². The van der Waals surface area contributed by atoms with Crippen molar-refractivity contribution in [1.82, 2.24) is 4.31 Å². The molecule has 0 radical (unpaired) electrons. The molecule has 2 rings (SSSR count). The van der Waals surface area contributed by atoms with Gasteiger partial charge in [-0.1, -0.05) is 43.1 Å². The number of halogens is 2. The van der Waals surface area contributed by atoms with Crippen LogP contribution in [0.5, 0.6) is 11.5 Å². The van der Waals surface area contributed by atoms with Gasteiger partial charge in [-0.05, 0) is 37.3 Å². The van der Waals surface area contributed by atoms with Crippen LogP contribution < -0.4 is 14.8 Å². The van der Waals surface area contributed by atoms with E-state index in [0.29, 0.717) is 23.9 Å². The summed E-state index contributed by atoms with van der Waals surface area (Å²) in [6, 6.07) is 9.14. The Kier molecular flexibility index (Phi) is 8.37.